The highest BCUT2D eigenvalue weighted by molar-refractivity contribution is 14.1. The van der Waals surface area contributed by atoms with Gasteiger partial charge in [-0.1, -0.05) is 24.3 Å². The second kappa shape index (κ2) is 8.18. The molecular formula is C20H17IN2O3. The van der Waals surface area contributed by atoms with E-state index in [-0.39, 0.29) is 11.3 Å². The number of hydrogen-bond donors (Lipinski definition) is 2. The number of phenols is 1. The van der Waals surface area contributed by atoms with Crippen LogP contribution in [0.1, 0.15) is 22.8 Å². The molecule has 5 nitrogen and oxygen atoms in total. The van der Waals surface area contributed by atoms with E-state index in [9.17, 15) is 9.90 Å². The zero-order chi connectivity index (χ0) is 18.5. The standard InChI is InChI=1S/C20H17IN2O3/c1-2-26-19-8-7-13(9-17(19)21)12-22-23-20(25)16-10-14-5-3-4-6-15(14)11-18(16)24/h3-12,24H,2H2,1H3,(H,23,25). The Labute approximate surface area is 164 Å². The van der Waals surface area contributed by atoms with Gasteiger partial charge in [0.15, 0.2) is 0 Å². The largest absolute Gasteiger partial charge is 0.507 e. The number of benzene rings is 3. The number of carbonyl (C=O) groups is 1. The van der Waals surface area contributed by atoms with Crippen LogP contribution in [0.15, 0.2) is 59.7 Å². The first kappa shape index (κ1) is 18.2. The van der Waals surface area contributed by atoms with Crippen LogP contribution in [0.2, 0.25) is 0 Å². The van der Waals surface area contributed by atoms with Crippen molar-refractivity contribution in [2.45, 2.75) is 6.92 Å². The lowest BCUT2D eigenvalue weighted by Gasteiger charge is -2.06. The van der Waals surface area contributed by atoms with Gasteiger partial charge in [-0.2, -0.15) is 5.10 Å². The minimum Gasteiger partial charge on any atom is -0.507 e. The highest BCUT2D eigenvalue weighted by atomic mass is 127. The van der Waals surface area contributed by atoms with Crippen molar-refractivity contribution in [2.24, 2.45) is 5.10 Å². The molecule has 0 bridgehead atoms. The zero-order valence-corrected chi connectivity index (χ0v) is 16.2. The van der Waals surface area contributed by atoms with Gasteiger partial charge in [-0.25, -0.2) is 5.43 Å². The van der Waals surface area contributed by atoms with Gasteiger partial charge in [0, 0.05) is 0 Å². The van der Waals surface area contributed by atoms with Crippen molar-refractivity contribution in [3.05, 3.63) is 69.3 Å². The van der Waals surface area contributed by atoms with Crippen molar-refractivity contribution < 1.29 is 14.6 Å². The van der Waals surface area contributed by atoms with Crippen LogP contribution < -0.4 is 10.2 Å². The first-order valence-electron chi connectivity index (χ1n) is 8.06. The average Bonchev–Trinajstić information content (AvgIpc) is 2.63. The number of carbonyl (C=O) groups excluding carboxylic acids is 1. The van der Waals surface area contributed by atoms with Crippen LogP contribution in [-0.2, 0) is 0 Å². The Balaban J connectivity index is 1.73. The van der Waals surface area contributed by atoms with Crippen LogP contribution in [-0.4, -0.2) is 23.8 Å². The van der Waals surface area contributed by atoms with E-state index in [1.165, 1.54) is 0 Å². The molecule has 0 saturated heterocycles. The van der Waals surface area contributed by atoms with E-state index >= 15 is 0 Å². The van der Waals surface area contributed by atoms with E-state index in [0.717, 1.165) is 25.7 Å². The summed E-state index contributed by atoms with van der Waals surface area (Å²) in [5.41, 5.74) is 3.47. The molecule has 0 unspecified atom stereocenters. The Morgan fingerprint density at radius 2 is 1.92 bits per heavy atom. The maximum Gasteiger partial charge on any atom is 0.275 e. The lowest BCUT2D eigenvalue weighted by molar-refractivity contribution is 0.0952. The fourth-order valence-electron chi connectivity index (χ4n) is 2.51. The minimum atomic E-state index is -0.467. The van der Waals surface area contributed by atoms with Gasteiger partial charge in [0.1, 0.15) is 11.5 Å². The van der Waals surface area contributed by atoms with Gasteiger partial charge in [-0.05, 0) is 76.2 Å². The number of amides is 1. The first-order valence-corrected chi connectivity index (χ1v) is 9.14. The van der Waals surface area contributed by atoms with E-state index < -0.39 is 5.91 Å². The lowest BCUT2D eigenvalue weighted by Crippen LogP contribution is -2.17. The third kappa shape index (κ3) is 4.13. The van der Waals surface area contributed by atoms with Crippen molar-refractivity contribution in [3.63, 3.8) is 0 Å². The number of aromatic hydroxyl groups is 1. The Bertz CT molecular complexity index is 986. The number of hydrazone groups is 1. The maximum atomic E-state index is 12.3. The highest BCUT2D eigenvalue weighted by Gasteiger charge is 2.11. The van der Waals surface area contributed by atoms with E-state index in [0.29, 0.717) is 6.61 Å². The normalized spacial score (nSPS) is 11.0. The summed E-state index contributed by atoms with van der Waals surface area (Å²) in [6.07, 6.45) is 1.55. The number of fused-ring (bicyclic) bond motifs is 1. The molecular weight excluding hydrogens is 443 g/mol. The quantitative estimate of drug-likeness (QED) is 0.339. The maximum absolute atomic E-state index is 12.3. The summed E-state index contributed by atoms with van der Waals surface area (Å²) in [4.78, 5) is 12.3. The number of rotatable bonds is 5. The monoisotopic (exact) mass is 460 g/mol. The zero-order valence-electron chi connectivity index (χ0n) is 14.1. The Morgan fingerprint density at radius 3 is 2.62 bits per heavy atom. The van der Waals surface area contributed by atoms with Crippen molar-refractivity contribution in [2.75, 3.05) is 6.61 Å². The van der Waals surface area contributed by atoms with Gasteiger partial charge >= 0.3 is 0 Å². The highest BCUT2D eigenvalue weighted by Crippen LogP contribution is 2.25. The van der Waals surface area contributed by atoms with Gasteiger partial charge in [0.25, 0.3) is 5.91 Å². The van der Waals surface area contributed by atoms with Crippen molar-refractivity contribution in [1.29, 1.82) is 0 Å². The minimum absolute atomic E-state index is 0.0768. The van der Waals surface area contributed by atoms with Crippen LogP contribution >= 0.6 is 22.6 Å². The Kier molecular flexibility index (Phi) is 5.72. The molecule has 0 radical (unpaired) electrons. The van der Waals surface area contributed by atoms with Crippen LogP contribution in [0.5, 0.6) is 11.5 Å². The van der Waals surface area contributed by atoms with Crippen LogP contribution in [0.4, 0.5) is 0 Å². The van der Waals surface area contributed by atoms with Gasteiger partial charge < -0.3 is 9.84 Å². The second-order valence-electron chi connectivity index (χ2n) is 5.54. The third-order valence-electron chi connectivity index (χ3n) is 3.74. The molecule has 3 aromatic rings. The molecule has 6 heteroatoms. The van der Waals surface area contributed by atoms with E-state index in [2.05, 4.69) is 33.1 Å². The average molecular weight is 460 g/mol. The molecule has 0 aliphatic rings. The van der Waals surface area contributed by atoms with Crippen molar-refractivity contribution in [3.8, 4) is 11.5 Å². The molecule has 26 heavy (non-hydrogen) atoms. The van der Waals surface area contributed by atoms with Gasteiger partial charge in [-0.3, -0.25) is 4.79 Å². The molecule has 0 aromatic heterocycles. The molecule has 0 aliphatic carbocycles. The van der Waals surface area contributed by atoms with E-state index in [1.54, 1.807) is 18.3 Å². The molecule has 0 spiro atoms. The Morgan fingerprint density at radius 1 is 1.19 bits per heavy atom. The molecule has 0 fully saturated rings. The summed E-state index contributed by atoms with van der Waals surface area (Å²) in [5, 5.41) is 15.8. The summed E-state index contributed by atoms with van der Waals surface area (Å²) >= 11 is 2.19. The Hall–Kier alpha value is -2.61. The fraction of sp³-hybridized carbons (Fsp3) is 0.100. The lowest BCUT2D eigenvalue weighted by atomic mass is 10.1. The number of phenolic OH excluding ortho intramolecular Hbond substituents is 1. The molecule has 132 valence electrons. The molecule has 0 heterocycles. The number of nitrogens with one attached hydrogen (secondary N) is 1. The summed E-state index contributed by atoms with van der Waals surface area (Å²) in [5.74, 6) is 0.271. The summed E-state index contributed by atoms with van der Waals surface area (Å²) < 4.78 is 6.46. The third-order valence-corrected chi connectivity index (χ3v) is 4.59. The SMILES string of the molecule is CCOc1ccc(C=NNC(=O)c2cc3ccccc3cc2O)cc1I. The predicted octanol–water partition coefficient (Wildman–Crippen LogP) is 4.31. The summed E-state index contributed by atoms with van der Waals surface area (Å²) in [6, 6.07) is 16.4. The van der Waals surface area contributed by atoms with Crippen molar-refractivity contribution in [1.82, 2.24) is 5.43 Å². The van der Waals surface area contributed by atoms with Crippen LogP contribution in [0.25, 0.3) is 10.8 Å². The first-order chi connectivity index (χ1) is 12.6. The van der Waals surface area contributed by atoms with E-state index in [1.807, 2.05) is 49.4 Å². The fourth-order valence-corrected chi connectivity index (χ4v) is 3.20. The predicted molar refractivity (Wildman–Crippen MR) is 111 cm³/mol. The number of hydrogen-bond acceptors (Lipinski definition) is 4. The number of halogens is 1. The molecule has 3 aromatic carbocycles. The number of nitrogens with zero attached hydrogens (tertiary/aromatic N) is 1. The van der Waals surface area contributed by atoms with Crippen molar-refractivity contribution >= 4 is 45.5 Å². The molecule has 0 aliphatic heterocycles. The summed E-state index contributed by atoms with van der Waals surface area (Å²) in [6.45, 7) is 2.54. The summed E-state index contributed by atoms with van der Waals surface area (Å²) in [7, 11) is 0. The second-order valence-corrected chi connectivity index (χ2v) is 6.70. The van der Waals surface area contributed by atoms with Gasteiger partial charge in [0.05, 0.1) is 22.0 Å². The molecule has 3 rings (SSSR count). The van der Waals surface area contributed by atoms with Crippen LogP contribution in [0.3, 0.4) is 0 Å². The number of ether oxygens (including phenoxy) is 1. The molecule has 0 saturated carbocycles. The van der Waals surface area contributed by atoms with Gasteiger partial charge in [0.2, 0.25) is 0 Å². The molecule has 2 N–H and O–H groups in total. The van der Waals surface area contributed by atoms with Crippen LogP contribution in [0, 0.1) is 3.57 Å². The topological polar surface area (TPSA) is 70.9 Å². The molecule has 0 atom stereocenters. The molecule has 1 amide bonds. The smallest absolute Gasteiger partial charge is 0.275 e. The van der Waals surface area contributed by atoms with E-state index in [4.69, 9.17) is 4.74 Å². The van der Waals surface area contributed by atoms with Gasteiger partial charge in [-0.15, -0.1) is 0 Å².